The quantitative estimate of drug-likeness (QED) is 0.199. The number of fused-ring (bicyclic) bond motifs is 1. The minimum Gasteiger partial charge on any atom is -0.462 e. The summed E-state index contributed by atoms with van der Waals surface area (Å²) in [4.78, 5) is 12.9. The van der Waals surface area contributed by atoms with Gasteiger partial charge in [0.25, 0.3) is 5.71 Å². The van der Waals surface area contributed by atoms with Crippen molar-refractivity contribution < 1.29 is 44.7 Å². The third kappa shape index (κ3) is 5.34. The number of hydrogen-bond acceptors (Lipinski definition) is 9. The summed E-state index contributed by atoms with van der Waals surface area (Å²) in [6.45, 7) is 1.69. The fourth-order valence-corrected chi connectivity index (χ4v) is 4.36. The number of nitrogens with zero attached hydrogens (tertiary/aromatic N) is 1. The summed E-state index contributed by atoms with van der Waals surface area (Å²) >= 11 is 0. The lowest BCUT2D eigenvalue weighted by atomic mass is 9.97. The lowest BCUT2D eigenvalue weighted by molar-refractivity contribution is -0.753. The van der Waals surface area contributed by atoms with Crippen LogP contribution in [0.25, 0.3) is 5.57 Å². The Kier molecular flexibility index (Phi) is 6.52. The van der Waals surface area contributed by atoms with Gasteiger partial charge in [-0.1, -0.05) is 30.3 Å². The standard InChI is InChI=1S/C21H22NO9S2/c1-5-29-21(23)19-18(13-9-7-6-8-10-13)14-11-16(30-32(3,25)26)17(31-33(4,27)28)12-15(14)20(19)22(2)24/h6-12,24H,5H2,1-4H3/q+1/b22-20+. The van der Waals surface area contributed by atoms with Crippen LogP contribution in [0.3, 0.4) is 0 Å². The molecule has 0 heterocycles. The van der Waals surface area contributed by atoms with E-state index < -0.39 is 37.7 Å². The van der Waals surface area contributed by atoms with Crippen LogP contribution in [0, 0.1) is 0 Å². The average molecular weight is 497 g/mol. The fourth-order valence-electron chi connectivity index (χ4n) is 3.45. The number of ether oxygens (including phenoxy) is 1. The van der Waals surface area contributed by atoms with Gasteiger partial charge in [0, 0.05) is 17.2 Å². The van der Waals surface area contributed by atoms with Gasteiger partial charge < -0.3 is 13.1 Å². The average Bonchev–Trinajstić information content (AvgIpc) is 3.01. The van der Waals surface area contributed by atoms with Gasteiger partial charge in [-0.05, 0) is 23.3 Å². The summed E-state index contributed by atoms with van der Waals surface area (Å²) in [5.41, 5.74) is 1.45. The van der Waals surface area contributed by atoms with E-state index in [0.717, 1.165) is 12.5 Å². The van der Waals surface area contributed by atoms with Crippen LogP contribution in [0.15, 0.2) is 48.0 Å². The van der Waals surface area contributed by atoms with Crippen molar-refractivity contribution in [2.75, 3.05) is 26.2 Å². The Morgan fingerprint density at radius 3 is 1.91 bits per heavy atom. The number of hydroxylamine groups is 1. The van der Waals surface area contributed by atoms with Gasteiger partial charge in [-0.2, -0.15) is 16.8 Å². The van der Waals surface area contributed by atoms with E-state index in [9.17, 15) is 26.8 Å². The number of rotatable bonds is 7. The van der Waals surface area contributed by atoms with Gasteiger partial charge in [-0.3, -0.25) is 5.21 Å². The van der Waals surface area contributed by atoms with Crippen molar-refractivity contribution in [1.82, 2.24) is 0 Å². The maximum absolute atomic E-state index is 12.9. The summed E-state index contributed by atoms with van der Waals surface area (Å²) < 4.78 is 63.1. The first-order valence-electron chi connectivity index (χ1n) is 9.56. The van der Waals surface area contributed by atoms with E-state index in [1.807, 2.05) is 0 Å². The van der Waals surface area contributed by atoms with Crippen molar-refractivity contribution in [3.8, 4) is 11.5 Å². The van der Waals surface area contributed by atoms with Gasteiger partial charge in [0.15, 0.2) is 18.5 Å². The number of carbonyl (C=O) groups is 1. The highest BCUT2D eigenvalue weighted by Crippen LogP contribution is 2.44. The molecule has 0 unspecified atom stereocenters. The van der Waals surface area contributed by atoms with E-state index in [0.29, 0.717) is 21.4 Å². The second-order valence-corrected chi connectivity index (χ2v) is 10.3. The van der Waals surface area contributed by atoms with Crippen molar-refractivity contribution in [3.05, 3.63) is 64.7 Å². The molecule has 0 atom stereocenters. The van der Waals surface area contributed by atoms with Crippen LogP contribution in [-0.2, 0) is 29.8 Å². The topological polar surface area (TPSA) is 136 Å². The van der Waals surface area contributed by atoms with Gasteiger partial charge in [-0.25, -0.2) is 4.79 Å². The maximum Gasteiger partial charge on any atom is 0.345 e. The van der Waals surface area contributed by atoms with Crippen LogP contribution >= 0.6 is 0 Å². The predicted molar refractivity (Wildman–Crippen MR) is 119 cm³/mol. The molecule has 10 nitrogen and oxygen atoms in total. The summed E-state index contributed by atoms with van der Waals surface area (Å²) in [5.74, 6) is -1.57. The highest BCUT2D eigenvalue weighted by Gasteiger charge is 2.42. The molecule has 0 amide bonds. The lowest BCUT2D eigenvalue weighted by Gasteiger charge is -2.13. The molecule has 2 aromatic rings. The molecule has 0 spiro atoms. The summed E-state index contributed by atoms with van der Waals surface area (Å²) in [5, 5.41) is 10.4. The Hall–Kier alpha value is -3.38. The largest absolute Gasteiger partial charge is 0.462 e. The first kappa shape index (κ1) is 24.3. The summed E-state index contributed by atoms with van der Waals surface area (Å²) in [6.07, 6.45) is 1.58. The fraction of sp³-hybridized carbons (Fsp3) is 0.238. The van der Waals surface area contributed by atoms with Crippen LogP contribution in [0.1, 0.15) is 23.6 Å². The Morgan fingerprint density at radius 2 is 1.45 bits per heavy atom. The second-order valence-electron chi connectivity index (χ2n) is 7.13. The van der Waals surface area contributed by atoms with E-state index in [2.05, 4.69) is 0 Å². The first-order valence-corrected chi connectivity index (χ1v) is 13.2. The normalized spacial score (nSPS) is 15.2. The Morgan fingerprint density at radius 1 is 0.939 bits per heavy atom. The van der Waals surface area contributed by atoms with Crippen LogP contribution in [0.5, 0.6) is 11.5 Å². The molecule has 0 aliphatic heterocycles. The minimum atomic E-state index is -4.08. The van der Waals surface area contributed by atoms with Crippen LogP contribution in [-0.4, -0.2) is 64.6 Å². The number of hydrogen-bond donors (Lipinski definition) is 1. The zero-order valence-corrected chi connectivity index (χ0v) is 19.9. The van der Waals surface area contributed by atoms with Gasteiger partial charge >= 0.3 is 26.2 Å². The Labute approximate surface area is 191 Å². The molecule has 1 aliphatic rings. The van der Waals surface area contributed by atoms with Gasteiger partial charge in [0.2, 0.25) is 0 Å². The molecule has 33 heavy (non-hydrogen) atoms. The van der Waals surface area contributed by atoms with Gasteiger partial charge in [-0.15, -0.1) is 0 Å². The van der Waals surface area contributed by atoms with Gasteiger partial charge in [0.1, 0.15) is 5.57 Å². The molecule has 2 aromatic carbocycles. The molecule has 0 saturated heterocycles. The molecule has 176 valence electrons. The summed E-state index contributed by atoms with van der Waals surface area (Å²) in [6, 6.07) is 11.1. The zero-order valence-electron chi connectivity index (χ0n) is 18.2. The highest BCUT2D eigenvalue weighted by atomic mass is 32.2. The third-order valence-electron chi connectivity index (χ3n) is 4.44. The molecule has 1 N–H and O–H groups in total. The van der Waals surface area contributed by atoms with Crippen LogP contribution in [0.4, 0.5) is 0 Å². The van der Waals surface area contributed by atoms with Crippen LogP contribution < -0.4 is 8.37 Å². The molecule has 1 aliphatic carbocycles. The summed E-state index contributed by atoms with van der Waals surface area (Å²) in [7, 11) is -6.87. The number of carbonyl (C=O) groups excluding carboxylic acids is 1. The molecular weight excluding hydrogens is 474 g/mol. The zero-order chi connectivity index (χ0) is 24.6. The van der Waals surface area contributed by atoms with Crippen molar-refractivity contribution in [3.63, 3.8) is 0 Å². The molecule has 0 bridgehead atoms. The molecule has 0 saturated carbocycles. The predicted octanol–water partition coefficient (Wildman–Crippen LogP) is 1.56. The molecule has 12 heteroatoms. The highest BCUT2D eigenvalue weighted by molar-refractivity contribution is 7.86. The third-order valence-corrected chi connectivity index (χ3v) is 5.41. The maximum atomic E-state index is 12.9. The minimum absolute atomic E-state index is 0.00450. The first-order chi connectivity index (χ1) is 15.3. The van der Waals surface area contributed by atoms with E-state index >= 15 is 0 Å². The lowest BCUT2D eigenvalue weighted by Crippen LogP contribution is -2.22. The van der Waals surface area contributed by atoms with Crippen molar-refractivity contribution in [1.29, 1.82) is 0 Å². The SMILES string of the molecule is CCOC(=O)C1=C(c2ccccc2)c2cc(OS(C)(=O)=O)c(OS(C)(=O)=O)cc2/C1=[N+](/C)O. The number of esters is 1. The Bertz CT molecular complexity index is 1390. The van der Waals surface area contributed by atoms with E-state index in [1.165, 1.54) is 19.2 Å². The molecule has 0 fully saturated rings. The smallest absolute Gasteiger partial charge is 0.345 e. The monoisotopic (exact) mass is 496 g/mol. The van der Waals surface area contributed by atoms with Crippen molar-refractivity contribution in [2.24, 2.45) is 0 Å². The van der Waals surface area contributed by atoms with E-state index in [1.54, 1.807) is 37.3 Å². The second kappa shape index (κ2) is 8.87. The van der Waals surface area contributed by atoms with Gasteiger partial charge in [0.05, 0.1) is 24.7 Å². The molecule has 0 aromatic heterocycles. The van der Waals surface area contributed by atoms with Crippen LogP contribution in [0.2, 0.25) is 0 Å². The number of benzene rings is 2. The molecule has 3 rings (SSSR count). The van der Waals surface area contributed by atoms with E-state index in [-0.39, 0.29) is 23.5 Å². The van der Waals surface area contributed by atoms with E-state index in [4.69, 9.17) is 13.1 Å². The Balaban J connectivity index is 2.43. The van der Waals surface area contributed by atoms with Crippen molar-refractivity contribution >= 4 is 37.5 Å². The molecule has 0 radical (unpaired) electrons. The van der Waals surface area contributed by atoms with Crippen molar-refractivity contribution in [2.45, 2.75) is 6.92 Å². The molecular formula is C21H22NO9S2+.